The maximum absolute atomic E-state index is 12.0. The smallest absolute Gasteiger partial charge is 0.344 e. The molecule has 7 nitrogen and oxygen atoms in total. The molecule has 0 aliphatic rings. The van der Waals surface area contributed by atoms with Crippen molar-refractivity contribution in [1.29, 1.82) is 0 Å². The molecule has 1 heterocycles. The van der Waals surface area contributed by atoms with Crippen molar-refractivity contribution in [3.63, 3.8) is 0 Å². The number of ether oxygens (including phenoxy) is 5. The zero-order valence-corrected chi connectivity index (χ0v) is 27.4. The van der Waals surface area contributed by atoms with E-state index in [1.54, 1.807) is 14.0 Å². The molecule has 0 aliphatic heterocycles. The maximum atomic E-state index is 12.0. The predicted molar refractivity (Wildman–Crippen MR) is 187 cm³/mol. The molecular formula is C41H39NO6. The molecule has 1 aromatic heterocycles. The third kappa shape index (κ3) is 7.00. The second-order valence-electron chi connectivity index (χ2n) is 11.5. The number of carbonyl (C=O) groups is 1. The average Bonchev–Trinajstić information content (AvgIpc) is 3.58. The Bertz CT molecular complexity index is 1970. The lowest BCUT2D eigenvalue weighted by atomic mass is 9.71. The minimum Gasteiger partial charge on any atom is -0.493 e. The molecule has 7 heteroatoms. The third-order valence-electron chi connectivity index (χ3n) is 8.52. The van der Waals surface area contributed by atoms with Gasteiger partial charge in [0.05, 0.1) is 13.7 Å². The van der Waals surface area contributed by atoms with Crippen LogP contribution in [0.1, 0.15) is 41.7 Å². The normalized spacial score (nSPS) is 12.2. The quantitative estimate of drug-likeness (QED) is 0.120. The molecule has 0 saturated carbocycles. The molecule has 1 unspecified atom stereocenters. The summed E-state index contributed by atoms with van der Waals surface area (Å²) in [5.41, 5.74) is 5.49. The summed E-state index contributed by atoms with van der Waals surface area (Å²) in [5, 5.41) is 1.10. The van der Waals surface area contributed by atoms with E-state index >= 15 is 0 Å². The number of nitrogens with one attached hydrogen (secondary N) is 1. The summed E-state index contributed by atoms with van der Waals surface area (Å²) in [6.07, 6.45) is 2.06. The van der Waals surface area contributed by atoms with Crippen LogP contribution >= 0.6 is 0 Å². The Morgan fingerprint density at radius 1 is 0.667 bits per heavy atom. The number of aromatic amines is 1. The van der Waals surface area contributed by atoms with Crippen LogP contribution in [0.4, 0.5) is 0 Å². The number of methoxy groups -OCH3 is 1. The maximum Gasteiger partial charge on any atom is 0.344 e. The van der Waals surface area contributed by atoms with Gasteiger partial charge in [0, 0.05) is 22.5 Å². The summed E-state index contributed by atoms with van der Waals surface area (Å²) in [5.74, 6) is 1.81. The van der Waals surface area contributed by atoms with Gasteiger partial charge in [0.2, 0.25) is 0 Å². The summed E-state index contributed by atoms with van der Waals surface area (Å²) in [7, 11) is 1.59. The lowest BCUT2D eigenvalue weighted by Crippen LogP contribution is -2.25. The SMILES string of the molecule is CCOC(=O)COc1ccc(C(C)(c2ccc(OCc3ccccc3)c(OCc3ccccc3)c2)c2c[nH]c3ccccc23)cc1OC. The van der Waals surface area contributed by atoms with Crippen LogP contribution < -0.4 is 18.9 Å². The Hall–Kier alpha value is -5.69. The van der Waals surface area contributed by atoms with E-state index in [1.165, 1.54) is 0 Å². The zero-order valence-electron chi connectivity index (χ0n) is 27.4. The first kappa shape index (κ1) is 32.3. The first-order chi connectivity index (χ1) is 23.5. The molecule has 0 spiro atoms. The molecule has 244 valence electrons. The zero-order chi connectivity index (χ0) is 33.3. The van der Waals surface area contributed by atoms with E-state index in [0.717, 1.165) is 38.7 Å². The van der Waals surface area contributed by atoms with Gasteiger partial charge in [-0.25, -0.2) is 4.79 Å². The number of fused-ring (bicyclic) bond motifs is 1. The van der Waals surface area contributed by atoms with Crippen molar-refractivity contribution in [3.05, 3.63) is 155 Å². The first-order valence-electron chi connectivity index (χ1n) is 16.0. The number of benzene rings is 5. The Balaban J connectivity index is 1.44. The number of aromatic nitrogens is 1. The highest BCUT2D eigenvalue weighted by Crippen LogP contribution is 2.46. The van der Waals surface area contributed by atoms with Gasteiger partial charge in [-0.1, -0.05) is 91.0 Å². The number of carbonyl (C=O) groups excluding carboxylic acids is 1. The Labute approximate surface area is 281 Å². The van der Waals surface area contributed by atoms with E-state index in [9.17, 15) is 4.79 Å². The summed E-state index contributed by atoms with van der Waals surface area (Å²) >= 11 is 0. The van der Waals surface area contributed by atoms with Crippen LogP contribution in [-0.2, 0) is 28.2 Å². The second kappa shape index (κ2) is 14.8. The van der Waals surface area contributed by atoms with Crippen LogP contribution in [0.15, 0.2) is 128 Å². The topological polar surface area (TPSA) is 79.0 Å². The Morgan fingerprint density at radius 2 is 1.23 bits per heavy atom. The molecule has 0 bridgehead atoms. The van der Waals surface area contributed by atoms with E-state index in [2.05, 4.69) is 42.4 Å². The largest absolute Gasteiger partial charge is 0.493 e. The molecule has 0 aliphatic carbocycles. The lowest BCUT2D eigenvalue weighted by molar-refractivity contribution is -0.145. The summed E-state index contributed by atoms with van der Waals surface area (Å²) in [4.78, 5) is 15.5. The first-order valence-corrected chi connectivity index (χ1v) is 16.0. The molecule has 1 N–H and O–H groups in total. The van der Waals surface area contributed by atoms with Crippen molar-refractivity contribution in [3.8, 4) is 23.0 Å². The number of esters is 1. The van der Waals surface area contributed by atoms with E-state index in [0.29, 0.717) is 36.2 Å². The van der Waals surface area contributed by atoms with E-state index in [-0.39, 0.29) is 13.2 Å². The van der Waals surface area contributed by atoms with Gasteiger partial charge in [-0.05, 0) is 72.0 Å². The van der Waals surface area contributed by atoms with Crippen molar-refractivity contribution in [2.24, 2.45) is 0 Å². The number of rotatable bonds is 14. The van der Waals surface area contributed by atoms with Gasteiger partial charge >= 0.3 is 5.97 Å². The van der Waals surface area contributed by atoms with Gasteiger partial charge < -0.3 is 28.7 Å². The summed E-state index contributed by atoms with van der Waals surface area (Å²) < 4.78 is 29.5. The number of para-hydroxylation sites is 1. The van der Waals surface area contributed by atoms with Gasteiger partial charge in [-0.2, -0.15) is 0 Å². The minimum atomic E-state index is -0.685. The second-order valence-corrected chi connectivity index (χ2v) is 11.5. The fourth-order valence-corrected chi connectivity index (χ4v) is 5.92. The third-order valence-corrected chi connectivity index (χ3v) is 8.52. The van der Waals surface area contributed by atoms with Crippen LogP contribution in [-0.4, -0.2) is 31.3 Å². The molecule has 0 amide bonds. The van der Waals surface area contributed by atoms with Crippen molar-refractivity contribution < 1.29 is 28.5 Å². The van der Waals surface area contributed by atoms with Crippen LogP contribution in [0.25, 0.3) is 10.9 Å². The molecule has 0 saturated heterocycles. The van der Waals surface area contributed by atoms with E-state index in [4.69, 9.17) is 23.7 Å². The highest BCUT2D eigenvalue weighted by Gasteiger charge is 2.35. The minimum absolute atomic E-state index is 0.212. The van der Waals surface area contributed by atoms with Crippen molar-refractivity contribution in [1.82, 2.24) is 4.98 Å². The van der Waals surface area contributed by atoms with Crippen molar-refractivity contribution >= 4 is 16.9 Å². The number of hydrogen-bond donors (Lipinski definition) is 1. The van der Waals surface area contributed by atoms with Gasteiger partial charge in [-0.3, -0.25) is 0 Å². The molecule has 6 rings (SSSR count). The molecule has 1 atom stereocenters. The molecule has 0 fully saturated rings. The molecular weight excluding hydrogens is 602 g/mol. The monoisotopic (exact) mass is 641 g/mol. The summed E-state index contributed by atoms with van der Waals surface area (Å²) in [6.45, 7) is 4.82. The van der Waals surface area contributed by atoms with Crippen molar-refractivity contribution in [2.45, 2.75) is 32.5 Å². The predicted octanol–water partition coefficient (Wildman–Crippen LogP) is 8.63. The highest BCUT2D eigenvalue weighted by atomic mass is 16.6. The molecule has 0 radical (unpaired) electrons. The van der Waals surface area contributed by atoms with Crippen LogP contribution in [0.3, 0.4) is 0 Å². The van der Waals surface area contributed by atoms with Crippen molar-refractivity contribution in [2.75, 3.05) is 20.3 Å². The van der Waals surface area contributed by atoms with Gasteiger partial charge in [0.25, 0.3) is 0 Å². The van der Waals surface area contributed by atoms with Crippen LogP contribution in [0.2, 0.25) is 0 Å². The molecule has 48 heavy (non-hydrogen) atoms. The Kier molecular flexibility index (Phi) is 9.96. The van der Waals surface area contributed by atoms with Crippen LogP contribution in [0, 0.1) is 0 Å². The fourth-order valence-electron chi connectivity index (χ4n) is 5.92. The van der Waals surface area contributed by atoms with E-state index in [1.807, 2.05) is 97.1 Å². The fraction of sp³-hybridized carbons (Fsp3) is 0.195. The summed E-state index contributed by atoms with van der Waals surface area (Å²) in [6, 6.07) is 40.4. The van der Waals surface area contributed by atoms with Gasteiger partial charge in [0.15, 0.2) is 29.6 Å². The van der Waals surface area contributed by atoms with Gasteiger partial charge in [0.1, 0.15) is 13.2 Å². The highest BCUT2D eigenvalue weighted by molar-refractivity contribution is 5.86. The van der Waals surface area contributed by atoms with E-state index < -0.39 is 11.4 Å². The Morgan fingerprint density at radius 3 is 1.85 bits per heavy atom. The number of H-pyrrole nitrogens is 1. The van der Waals surface area contributed by atoms with Crippen LogP contribution in [0.5, 0.6) is 23.0 Å². The average molecular weight is 642 g/mol. The molecule has 6 aromatic rings. The molecule has 5 aromatic carbocycles. The standard InChI is InChI=1S/C41H39NO6/c1-4-45-40(43)28-48-36-21-19-31(23-38(36)44-3)41(2,34-25-42-35-18-12-11-17-33(34)35)32-20-22-37(46-26-29-13-7-5-8-14-29)39(24-32)47-27-30-15-9-6-10-16-30/h5-25,42H,4,26-28H2,1-3H3. The number of hydrogen-bond acceptors (Lipinski definition) is 6. The lowest BCUT2D eigenvalue weighted by Gasteiger charge is -2.32. The van der Waals surface area contributed by atoms with Gasteiger partial charge in [-0.15, -0.1) is 0 Å².